The van der Waals surface area contributed by atoms with E-state index in [1.165, 1.54) is 24.1 Å². The van der Waals surface area contributed by atoms with Crippen molar-refractivity contribution in [2.24, 2.45) is 5.92 Å². The van der Waals surface area contributed by atoms with Crippen LogP contribution in [0, 0.1) is 12.5 Å². The normalized spacial score (nSPS) is 27.6. The molecule has 0 amide bonds. The van der Waals surface area contributed by atoms with E-state index in [1.54, 1.807) is 0 Å². The van der Waals surface area contributed by atoms with Crippen molar-refractivity contribution in [3.8, 4) is 0 Å². The van der Waals surface area contributed by atoms with Crippen LogP contribution < -0.4 is 4.90 Å². The Kier molecular flexibility index (Phi) is 6.88. The van der Waals surface area contributed by atoms with E-state index in [0.717, 1.165) is 37.5 Å². The number of anilines is 1. The van der Waals surface area contributed by atoms with Gasteiger partial charge in [-0.25, -0.2) is 4.85 Å². The van der Waals surface area contributed by atoms with E-state index < -0.39 is 0 Å². The molecule has 1 aliphatic heterocycles. The summed E-state index contributed by atoms with van der Waals surface area (Å²) in [5.41, 5.74) is 3.25. The van der Waals surface area contributed by atoms with Gasteiger partial charge < -0.3 is 4.90 Å². The summed E-state index contributed by atoms with van der Waals surface area (Å²) in [4.78, 5) is 8.73. The first-order valence-corrected chi connectivity index (χ1v) is 11.7. The average molecular weight is 442 g/mol. The van der Waals surface area contributed by atoms with E-state index in [9.17, 15) is 0 Å². The number of rotatable bonds is 4. The molecule has 0 unspecified atom stereocenters. The van der Waals surface area contributed by atoms with Crippen LogP contribution in [-0.4, -0.2) is 35.5 Å². The molecule has 1 saturated heterocycles. The van der Waals surface area contributed by atoms with E-state index >= 15 is 0 Å². The van der Waals surface area contributed by atoms with Crippen LogP contribution in [0.3, 0.4) is 0 Å². The molecule has 2 fully saturated rings. The fraction of sp³-hybridized carbons (Fsp3) is 0.480. The third-order valence-corrected chi connectivity index (χ3v) is 7.33. The van der Waals surface area contributed by atoms with Gasteiger partial charge in [-0.1, -0.05) is 35.9 Å². The lowest BCUT2D eigenvalue weighted by atomic mass is 9.81. The van der Waals surface area contributed by atoms with Gasteiger partial charge in [0, 0.05) is 47.8 Å². The number of halogens is 2. The predicted octanol–water partition coefficient (Wildman–Crippen LogP) is 6.77. The molecule has 2 aliphatic rings. The summed E-state index contributed by atoms with van der Waals surface area (Å²) in [5.74, 6) is 0.658. The molecule has 0 N–H and O–H groups in total. The summed E-state index contributed by atoms with van der Waals surface area (Å²) in [5, 5.41) is 1.12. The summed E-state index contributed by atoms with van der Waals surface area (Å²) in [6.07, 6.45) is 4.62. The van der Waals surface area contributed by atoms with Crippen LogP contribution in [0.25, 0.3) is 4.85 Å². The lowest BCUT2D eigenvalue weighted by Gasteiger charge is -2.51. The topological polar surface area (TPSA) is 10.8 Å². The molecule has 0 aromatic heterocycles. The second-order valence-corrected chi connectivity index (χ2v) is 9.84. The highest BCUT2D eigenvalue weighted by atomic mass is 35.5. The Morgan fingerprint density at radius 3 is 2.27 bits per heavy atom. The Bertz CT molecular complexity index is 867. The average Bonchev–Trinajstić information content (AvgIpc) is 2.75. The van der Waals surface area contributed by atoms with Crippen molar-refractivity contribution in [1.29, 1.82) is 0 Å². The molecule has 3 nitrogen and oxygen atoms in total. The van der Waals surface area contributed by atoms with Gasteiger partial charge in [0.05, 0.1) is 6.57 Å². The molecule has 0 spiro atoms. The maximum Gasteiger partial charge on any atom is 0.187 e. The zero-order valence-electron chi connectivity index (χ0n) is 17.5. The van der Waals surface area contributed by atoms with Crippen molar-refractivity contribution in [3.63, 3.8) is 0 Å². The minimum Gasteiger partial charge on any atom is -0.363 e. The molecule has 2 aromatic rings. The Hall–Kier alpha value is -1.73. The number of alkyl halides is 1. The zero-order valence-corrected chi connectivity index (χ0v) is 19.0. The molecule has 0 bridgehead atoms. The Balaban J connectivity index is 1.55. The van der Waals surface area contributed by atoms with Gasteiger partial charge in [0.1, 0.15) is 0 Å². The van der Waals surface area contributed by atoms with Crippen LogP contribution >= 0.6 is 23.2 Å². The third kappa shape index (κ3) is 4.94. The van der Waals surface area contributed by atoms with Crippen molar-refractivity contribution < 1.29 is 0 Å². The second-order valence-electron chi connectivity index (χ2n) is 8.78. The molecule has 1 saturated carbocycles. The number of piperazine rings is 1. The monoisotopic (exact) mass is 441 g/mol. The van der Waals surface area contributed by atoms with E-state index in [2.05, 4.69) is 45.8 Å². The van der Waals surface area contributed by atoms with Crippen LogP contribution in [0.5, 0.6) is 0 Å². The molecule has 2 aromatic carbocycles. The molecule has 0 radical (unpaired) electrons. The van der Waals surface area contributed by atoms with E-state index in [1.807, 2.05) is 24.3 Å². The van der Waals surface area contributed by atoms with Crippen molar-refractivity contribution in [1.82, 2.24) is 4.90 Å². The first-order valence-electron chi connectivity index (χ1n) is 10.9. The summed E-state index contributed by atoms with van der Waals surface area (Å²) in [6, 6.07) is 17.3. The minimum absolute atomic E-state index is 0.336. The molecule has 5 heteroatoms. The number of hydrogen-bond donors (Lipinski definition) is 0. The Labute approximate surface area is 190 Å². The molecule has 2 atom stereocenters. The quantitative estimate of drug-likeness (QED) is 0.382. The van der Waals surface area contributed by atoms with Crippen LogP contribution in [0.15, 0.2) is 48.5 Å². The van der Waals surface area contributed by atoms with Gasteiger partial charge in [0.15, 0.2) is 5.69 Å². The summed E-state index contributed by atoms with van der Waals surface area (Å²) in [7, 11) is 0. The van der Waals surface area contributed by atoms with E-state index in [-0.39, 0.29) is 0 Å². The standard InChI is InChI=1S/C25H29Cl2N3/c1-18-15-29(16-19-3-11-23(28-2)12-4-19)17-25(20-5-7-21(26)8-6-20)30(18)24-13-9-22(27)10-14-24/h3-4,9-14,18,20-21,25H,5-8,15-17H2,1H3/t18-,20?,21?,25+/m1/s1. The fourth-order valence-electron chi connectivity index (χ4n) is 5.18. The van der Waals surface area contributed by atoms with Gasteiger partial charge in [-0.2, -0.15) is 0 Å². The molecule has 1 heterocycles. The number of hydrogen-bond acceptors (Lipinski definition) is 2. The highest BCUT2D eigenvalue weighted by Crippen LogP contribution is 2.37. The van der Waals surface area contributed by atoms with Gasteiger partial charge in [-0.3, -0.25) is 4.90 Å². The maximum atomic E-state index is 7.16. The summed E-state index contributed by atoms with van der Waals surface area (Å²) in [6.45, 7) is 12.5. The number of benzene rings is 2. The van der Waals surface area contributed by atoms with Crippen molar-refractivity contribution in [3.05, 3.63) is 70.5 Å². The van der Waals surface area contributed by atoms with Crippen LogP contribution in [-0.2, 0) is 6.54 Å². The Morgan fingerprint density at radius 2 is 1.63 bits per heavy atom. The largest absolute Gasteiger partial charge is 0.363 e. The SMILES string of the molecule is [C-]#[N+]c1ccc(CN2C[C@@H](C)N(c3ccc(Cl)cc3)[C@H](C3CCC(Cl)CC3)C2)cc1. The first kappa shape index (κ1) is 21.5. The van der Waals surface area contributed by atoms with Gasteiger partial charge >= 0.3 is 0 Å². The maximum absolute atomic E-state index is 7.16. The Morgan fingerprint density at radius 1 is 0.967 bits per heavy atom. The third-order valence-electron chi connectivity index (χ3n) is 6.64. The van der Waals surface area contributed by atoms with Crippen LogP contribution in [0.2, 0.25) is 5.02 Å². The van der Waals surface area contributed by atoms with Gasteiger partial charge in [0.25, 0.3) is 0 Å². The number of nitrogens with zero attached hydrogens (tertiary/aromatic N) is 3. The predicted molar refractivity (Wildman–Crippen MR) is 127 cm³/mol. The summed E-state index contributed by atoms with van der Waals surface area (Å²) < 4.78 is 0. The van der Waals surface area contributed by atoms with Crippen molar-refractivity contribution in [2.75, 3.05) is 18.0 Å². The molecule has 158 valence electrons. The highest BCUT2D eigenvalue weighted by molar-refractivity contribution is 6.30. The highest BCUT2D eigenvalue weighted by Gasteiger charge is 2.38. The smallest absolute Gasteiger partial charge is 0.187 e. The minimum atomic E-state index is 0.336. The van der Waals surface area contributed by atoms with Crippen LogP contribution in [0.4, 0.5) is 11.4 Å². The van der Waals surface area contributed by atoms with Crippen molar-refractivity contribution in [2.45, 2.75) is 56.6 Å². The lowest BCUT2D eigenvalue weighted by molar-refractivity contribution is 0.143. The first-order chi connectivity index (χ1) is 14.5. The van der Waals surface area contributed by atoms with Gasteiger partial charge in [0.2, 0.25) is 0 Å². The zero-order chi connectivity index (χ0) is 21.1. The van der Waals surface area contributed by atoms with E-state index in [0.29, 0.717) is 29.1 Å². The molecular weight excluding hydrogens is 413 g/mol. The van der Waals surface area contributed by atoms with Crippen LogP contribution in [0.1, 0.15) is 38.2 Å². The fourth-order valence-corrected chi connectivity index (χ4v) is 5.56. The van der Waals surface area contributed by atoms with E-state index in [4.69, 9.17) is 29.8 Å². The molecule has 30 heavy (non-hydrogen) atoms. The second kappa shape index (κ2) is 9.60. The van der Waals surface area contributed by atoms with Gasteiger partial charge in [-0.05, 0) is 68.4 Å². The van der Waals surface area contributed by atoms with Crippen molar-refractivity contribution >= 4 is 34.6 Å². The lowest BCUT2D eigenvalue weighted by Crippen LogP contribution is -2.60. The molecule has 4 rings (SSSR count). The van der Waals surface area contributed by atoms with Gasteiger partial charge in [-0.15, -0.1) is 11.6 Å². The molecular formula is C25H29Cl2N3. The molecule has 1 aliphatic carbocycles. The summed E-state index contributed by atoms with van der Waals surface area (Å²) >= 11 is 12.6.